The number of esters is 1. The number of hydrogen-bond donors (Lipinski definition) is 0. The summed E-state index contributed by atoms with van der Waals surface area (Å²) in [5, 5.41) is 0.605. The maximum Gasteiger partial charge on any atom is 0.307 e. The van der Waals surface area contributed by atoms with E-state index < -0.39 is 0 Å². The molecule has 0 spiro atoms. The van der Waals surface area contributed by atoms with Gasteiger partial charge in [-0.2, -0.15) is 0 Å². The second-order valence-electron chi connectivity index (χ2n) is 5.90. The lowest BCUT2D eigenvalue weighted by Crippen LogP contribution is -2.44. The second kappa shape index (κ2) is 11.0. The third-order valence-electron chi connectivity index (χ3n) is 4.13. The van der Waals surface area contributed by atoms with Gasteiger partial charge in [0.2, 0.25) is 0 Å². The van der Waals surface area contributed by atoms with Crippen LogP contribution in [0.4, 0.5) is 0 Å². The minimum atomic E-state index is -0.340. The Labute approximate surface area is 158 Å². The number of nitrogens with zero attached hydrogens (tertiary/aromatic N) is 2. The quantitative estimate of drug-likeness (QED) is 0.600. The molecular weight excluding hydrogens is 360 g/mol. The fourth-order valence-electron chi connectivity index (χ4n) is 2.54. The summed E-state index contributed by atoms with van der Waals surface area (Å²) in [5.74, 6) is 0.0637. The molecule has 7 nitrogen and oxygen atoms in total. The molecule has 0 atom stereocenters. The molecule has 2 rings (SSSR count). The molecule has 1 aromatic carbocycles. The fourth-order valence-corrected chi connectivity index (χ4v) is 2.67. The van der Waals surface area contributed by atoms with Crippen LogP contribution in [0.2, 0.25) is 5.02 Å². The Morgan fingerprint density at radius 2 is 1.88 bits per heavy atom. The lowest BCUT2D eigenvalue weighted by Gasteiger charge is -2.30. The number of halogens is 1. The van der Waals surface area contributed by atoms with Crippen LogP contribution in [0.15, 0.2) is 24.3 Å². The minimum absolute atomic E-state index is 0.0914. The Kier molecular flexibility index (Phi) is 8.67. The van der Waals surface area contributed by atoms with Crippen LogP contribution >= 0.6 is 11.6 Å². The summed E-state index contributed by atoms with van der Waals surface area (Å²) in [6.45, 7) is 4.58. The van der Waals surface area contributed by atoms with Crippen molar-refractivity contribution in [1.82, 2.24) is 9.80 Å². The van der Waals surface area contributed by atoms with E-state index in [-0.39, 0.29) is 24.9 Å². The number of rotatable bonds is 9. The average Bonchev–Trinajstić information content (AvgIpc) is 2.67. The van der Waals surface area contributed by atoms with E-state index >= 15 is 0 Å². The van der Waals surface area contributed by atoms with E-state index in [4.69, 9.17) is 21.1 Å². The number of methoxy groups -OCH3 is 1. The van der Waals surface area contributed by atoms with E-state index in [1.54, 1.807) is 29.2 Å². The maximum absolute atomic E-state index is 12.5. The van der Waals surface area contributed by atoms with Gasteiger partial charge < -0.3 is 19.1 Å². The Hall–Kier alpha value is -1.83. The molecule has 1 aromatic rings. The third kappa shape index (κ3) is 7.19. The molecule has 1 aliphatic rings. The molecular formula is C18H25ClN2O5. The third-order valence-corrected chi connectivity index (χ3v) is 4.38. The van der Waals surface area contributed by atoms with Crippen LogP contribution in [0.25, 0.3) is 0 Å². The molecule has 0 aromatic heterocycles. The van der Waals surface area contributed by atoms with Crippen LogP contribution in [-0.2, 0) is 19.1 Å². The highest BCUT2D eigenvalue weighted by atomic mass is 35.5. The molecule has 1 saturated heterocycles. The van der Waals surface area contributed by atoms with Gasteiger partial charge in [0.15, 0.2) is 6.61 Å². The normalized spacial score (nSPS) is 14.7. The summed E-state index contributed by atoms with van der Waals surface area (Å²) >= 11 is 5.84. The first kappa shape index (κ1) is 20.5. The van der Waals surface area contributed by atoms with Crippen molar-refractivity contribution >= 4 is 23.5 Å². The van der Waals surface area contributed by atoms with Gasteiger partial charge in [-0.1, -0.05) is 11.6 Å². The zero-order valence-corrected chi connectivity index (χ0v) is 15.7. The highest BCUT2D eigenvalue weighted by Crippen LogP contribution is 2.15. The monoisotopic (exact) mass is 384 g/mol. The number of carbonyl (C=O) groups excluding carboxylic acids is 2. The van der Waals surface area contributed by atoms with Gasteiger partial charge in [0.25, 0.3) is 5.91 Å². The zero-order chi connectivity index (χ0) is 18.8. The van der Waals surface area contributed by atoms with Gasteiger partial charge in [0.05, 0.1) is 26.7 Å². The van der Waals surface area contributed by atoms with E-state index in [2.05, 4.69) is 9.64 Å². The lowest BCUT2D eigenvalue weighted by molar-refractivity contribution is -0.142. The van der Waals surface area contributed by atoms with E-state index in [1.165, 1.54) is 7.11 Å². The molecule has 0 unspecified atom stereocenters. The first-order valence-electron chi connectivity index (χ1n) is 8.61. The predicted molar refractivity (Wildman–Crippen MR) is 97.4 cm³/mol. The van der Waals surface area contributed by atoms with Crippen molar-refractivity contribution in [2.75, 3.05) is 59.7 Å². The molecule has 8 heteroatoms. The number of ether oxygens (including phenoxy) is 3. The summed E-state index contributed by atoms with van der Waals surface area (Å²) < 4.78 is 15.5. The van der Waals surface area contributed by atoms with Crippen LogP contribution in [0.3, 0.4) is 0 Å². The highest BCUT2D eigenvalue weighted by Gasteiger charge is 2.18. The van der Waals surface area contributed by atoms with Gasteiger partial charge >= 0.3 is 5.97 Å². The molecule has 0 aliphatic carbocycles. The largest absolute Gasteiger partial charge is 0.484 e. The van der Waals surface area contributed by atoms with E-state index in [0.29, 0.717) is 37.1 Å². The fraction of sp³-hybridized carbons (Fsp3) is 0.556. The number of amides is 1. The van der Waals surface area contributed by atoms with Gasteiger partial charge in [-0.15, -0.1) is 0 Å². The summed E-state index contributed by atoms with van der Waals surface area (Å²) in [5.41, 5.74) is 0. The van der Waals surface area contributed by atoms with Crippen LogP contribution in [-0.4, -0.2) is 81.3 Å². The van der Waals surface area contributed by atoms with Crippen molar-refractivity contribution in [3.05, 3.63) is 29.3 Å². The molecule has 1 heterocycles. The number of carbonyl (C=O) groups is 2. The average molecular weight is 385 g/mol. The van der Waals surface area contributed by atoms with Gasteiger partial charge in [-0.25, -0.2) is 0 Å². The molecule has 0 saturated carbocycles. The zero-order valence-electron chi connectivity index (χ0n) is 15.0. The van der Waals surface area contributed by atoms with Crippen molar-refractivity contribution in [3.63, 3.8) is 0 Å². The van der Waals surface area contributed by atoms with Crippen LogP contribution in [0.5, 0.6) is 5.75 Å². The summed E-state index contributed by atoms with van der Waals surface area (Å²) in [4.78, 5) is 27.8. The molecule has 26 heavy (non-hydrogen) atoms. The Morgan fingerprint density at radius 3 is 2.54 bits per heavy atom. The van der Waals surface area contributed by atoms with Gasteiger partial charge in [-0.3, -0.25) is 14.5 Å². The number of hydrogen-bond acceptors (Lipinski definition) is 6. The van der Waals surface area contributed by atoms with Crippen molar-refractivity contribution in [3.8, 4) is 5.75 Å². The van der Waals surface area contributed by atoms with Crippen LogP contribution < -0.4 is 4.74 Å². The lowest BCUT2D eigenvalue weighted by atomic mass is 10.3. The van der Waals surface area contributed by atoms with Gasteiger partial charge in [0, 0.05) is 37.7 Å². The van der Waals surface area contributed by atoms with Gasteiger partial charge in [-0.05, 0) is 24.3 Å². The van der Waals surface area contributed by atoms with Crippen molar-refractivity contribution < 1.29 is 23.8 Å². The molecule has 1 aliphatic heterocycles. The maximum atomic E-state index is 12.5. The highest BCUT2D eigenvalue weighted by molar-refractivity contribution is 6.30. The van der Waals surface area contributed by atoms with Gasteiger partial charge in [0.1, 0.15) is 5.75 Å². The number of morpholine rings is 1. The molecule has 1 amide bonds. The molecule has 0 N–H and O–H groups in total. The standard InChI is InChI=1S/C18H25ClN2O5/c1-24-18(23)6-7-21(9-8-20-10-12-25-13-11-20)17(22)14-26-16-4-2-15(19)3-5-16/h2-5H,6-14H2,1H3. The molecule has 0 bridgehead atoms. The van der Waals surface area contributed by atoms with Crippen LogP contribution in [0, 0.1) is 0 Å². The smallest absolute Gasteiger partial charge is 0.307 e. The molecule has 144 valence electrons. The van der Waals surface area contributed by atoms with E-state index in [1.807, 2.05) is 0 Å². The van der Waals surface area contributed by atoms with Crippen molar-refractivity contribution in [1.29, 1.82) is 0 Å². The molecule has 1 fully saturated rings. The SMILES string of the molecule is COC(=O)CCN(CCN1CCOCC1)C(=O)COc1ccc(Cl)cc1. The van der Waals surface area contributed by atoms with Crippen LogP contribution in [0.1, 0.15) is 6.42 Å². The van der Waals surface area contributed by atoms with Crippen molar-refractivity contribution in [2.45, 2.75) is 6.42 Å². The topological polar surface area (TPSA) is 68.3 Å². The Balaban J connectivity index is 1.86. The summed E-state index contributed by atoms with van der Waals surface area (Å²) in [6, 6.07) is 6.83. The minimum Gasteiger partial charge on any atom is -0.484 e. The summed E-state index contributed by atoms with van der Waals surface area (Å²) in [7, 11) is 1.34. The first-order valence-corrected chi connectivity index (χ1v) is 8.99. The Bertz CT molecular complexity index is 575. The first-order chi connectivity index (χ1) is 12.6. The van der Waals surface area contributed by atoms with E-state index in [9.17, 15) is 9.59 Å². The number of benzene rings is 1. The second-order valence-corrected chi connectivity index (χ2v) is 6.34. The van der Waals surface area contributed by atoms with E-state index in [0.717, 1.165) is 19.6 Å². The predicted octanol–water partition coefficient (Wildman–Crippen LogP) is 1.44. The van der Waals surface area contributed by atoms with Crippen molar-refractivity contribution in [2.24, 2.45) is 0 Å². The Morgan fingerprint density at radius 1 is 1.19 bits per heavy atom. The summed E-state index contributed by atoms with van der Waals surface area (Å²) in [6.07, 6.45) is 0.159. The molecule has 0 radical (unpaired) electrons.